The second-order valence-electron chi connectivity index (χ2n) is 3.98. The van der Waals surface area contributed by atoms with E-state index < -0.39 is 12.1 Å². The Morgan fingerprint density at radius 1 is 1.12 bits per heavy atom. The molecule has 0 spiro atoms. The van der Waals surface area contributed by atoms with E-state index in [0.29, 0.717) is 11.4 Å². The van der Waals surface area contributed by atoms with Gasteiger partial charge in [0.1, 0.15) is 0 Å². The molecule has 96 valence electrons. The molecule has 0 aliphatic heterocycles. The highest BCUT2D eigenvalue weighted by Crippen LogP contribution is 2.32. The quantitative estimate of drug-likeness (QED) is 0.861. The normalized spacial score (nSPS) is 13.7. The number of alkyl halides is 3. The molecule has 2 N–H and O–H groups in total. The zero-order valence-electron chi connectivity index (χ0n) is 9.30. The van der Waals surface area contributed by atoms with Crippen LogP contribution >= 0.6 is 11.6 Å². The van der Waals surface area contributed by atoms with Gasteiger partial charge >= 0.3 is 6.18 Å². The number of rotatable bonds is 5. The zero-order chi connectivity index (χ0) is 12.9. The smallest absolute Gasteiger partial charge is 0.330 e. The Hall–Kier alpha value is -0.740. The third-order valence-corrected chi connectivity index (χ3v) is 2.92. The maximum absolute atomic E-state index is 12.6. The van der Waals surface area contributed by atoms with Gasteiger partial charge in [0, 0.05) is 5.02 Å². The zero-order valence-corrected chi connectivity index (χ0v) is 10.1. The number of aryl methyl sites for hydroxylation is 1. The van der Waals surface area contributed by atoms with Gasteiger partial charge in [0.05, 0.1) is 5.92 Å². The summed E-state index contributed by atoms with van der Waals surface area (Å²) >= 11 is 5.70. The largest absolute Gasteiger partial charge is 0.391 e. The lowest BCUT2D eigenvalue weighted by Crippen LogP contribution is -2.26. The van der Waals surface area contributed by atoms with Crippen LogP contribution in [0.5, 0.6) is 0 Å². The Morgan fingerprint density at radius 2 is 1.71 bits per heavy atom. The van der Waals surface area contributed by atoms with Crippen LogP contribution in [0.2, 0.25) is 5.02 Å². The van der Waals surface area contributed by atoms with Crippen molar-refractivity contribution < 1.29 is 13.2 Å². The first-order valence-electron chi connectivity index (χ1n) is 5.44. The third kappa shape index (κ3) is 4.96. The van der Waals surface area contributed by atoms with Crippen molar-refractivity contribution in [2.45, 2.75) is 25.4 Å². The maximum Gasteiger partial charge on any atom is 0.391 e. The third-order valence-electron chi connectivity index (χ3n) is 2.67. The maximum atomic E-state index is 12.6. The summed E-state index contributed by atoms with van der Waals surface area (Å²) in [7, 11) is 0. The lowest BCUT2D eigenvalue weighted by molar-refractivity contribution is -0.177. The highest BCUT2D eigenvalue weighted by atomic mass is 35.5. The molecule has 0 aromatic heterocycles. The Labute approximate surface area is 104 Å². The summed E-state index contributed by atoms with van der Waals surface area (Å²) in [6.07, 6.45) is -3.72. The Morgan fingerprint density at radius 3 is 2.18 bits per heavy atom. The predicted octanol–water partition coefficient (Wildman–Crippen LogP) is 3.80. The van der Waals surface area contributed by atoms with E-state index in [1.54, 1.807) is 24.3 Å². The van der Waals surface area contributed by atoms with Gasteiger partial charge in [0.2, 0.25) is 0 Å². The van der Waals surface area contributed by atoms with Crippen molar-refractivity contribution in [2.75, 3.05) is 6.54 Å². The molecular formula is C12H15ClF3N. The lowest BCUT2D eigenvalue weighted by atomic mass is 9.96. The van der Waals surface area contributed by atoms with Crippen LogP contribution in [0.3, 0.4) is 0 Å². The summed E-state index contributed by atoms with van der Waals surface area (Å²) in [6, 6.07) is 6.86. The molecule has 0 radical (unpaired) electrons. The molecule has 1 nitrogen and oxygen atoms in total. The number of hydrogen-bond acceptors (Lipinski definition) is 1. The summed E-state index contributed by atoms with van der Waals surface area (Å²) in [5.74, 6) is -1.32. The van der Waals surface area contributed by atoms with Crippen molar-refractivity contribution in [2.24, 2.45) is 11.7 Å². The van der Waals surface area contributed by atoms with E-state index >= 15 is 0 Å². The van der Waals surface area contributed by atoms with Gasteiger partial charge in [-0.1, -0.05) is 23.7 Å². The van der Waals surface area contributed by atoms with Gasteiger partial charge in [-0.25, -0.2) is 0 Å². The second-order valence-corrected chi connectivity index (χ2v) is 4.42. The molecule has 0 aliphatic rings. The first-order valence-corrected chi connectivity index (χ1v) is 5.82. The van der Waals surface area contributed by atoms with Crippen molar-refractivity contribution in [1.82, 2.24) is 0 Å². The fourth-order valence-corrected chi connectivity index (χ4v) is 1.79. The summed E-state index contributed by atoms with van der Waals surface area (Å²) in [6.45, 7) is 0.0603. The van der Waals surface area contributed by atoms with Crippen molar-refractivity contribution >= 4 is 11.6 Å². The summed E-state index contributed by atoms with van der Waals surface area (Å²) in [5, 5.41) is 0.586. The number of nitrogens with two attached hydrogens (primary N) is 1. The van der Waals surface area contributed by atoms with Crippen LogP contribution in [0.1, 0.15) is 18.4 Å². The van der Waals surface area contributed by atoms with Gasteiger partial charge in [0.25, 0.3) is 0 Å². The molecule has 0 bridgehead atoms. The van der Waals surface area contributed by atoms with E-state index in [0.717, 1.165) is 5.56 Å². The molecule has 5 heteroatoms. The van der Waals surface area contributed by atoms with Crippen LogP contribution in [0.4, 0.5) is 13.2 Å². The van der Waals surface area contributed by atoms with Crippen molar-refractivity contribution in [3.63, 3.8) is 0 Å². The first-order chi connectivity index (χ1) is 7.93. The average molecular weight is 266 g/mol. The molecule has 0 saturated carbocycles. The second kappa shape index (κ2) is 6.26. The average Bonchev–Trinajstić information content (AvgIpc) is 2.25. The van der Waals surface area contributed by atoms with E-state index in [1.165, 1.54) is 0 Å². The van der Waals surface area contributed by atoms with Crippen LogP contribution < -0.4 is 5.73 Å². The van der Waals surface area contributed by atoms with E-state index in [1.807, 2.05) is 0 Å². The van der Waals surface area contributed by atoms with Gasteiger partial charge in [-0.3, -0.25) is 0 Å². The topological polar surface area (TPSA) is 26.0 Å². The molecule has 0 saturated heterocycles. The van der Waals surface area contributed by atoms with Crippen LogP contribution in [-0.4, -0.2) is 12.7 Å². The van der Waals surface area contributed by atoms with E-state index in [4.69, 9.17) is 17.3 Å². The number of hydrogen-bond donors (Lipinski definition) is 1. The molecule has 17 heavy (non-hydrogen) atoms. The molecule has 1 rings (SSSR count). The van der Waals surface area contributed by atoms with Gasteiger partial charge in [0.15, 0.2) is 0 Å². The molecule has 0 fully saturated rings. The molecule has 1 atom stereocenters. The van der Waals surface area contributed by atoms with Crippen molar-refractivity contribution in [3.8, 4) is 0 Å². The highest BCUT2D eigenvalue weighted by molar-refractivity contribution is 6.30. The molecule has 0 amide bonds. The van der Waals surface area contributed by atoms with E-state index in [2.05, 4.69) is 0 Å². The summed E-state index contributed by atoms with van der Waals surface area (Å²) < 4.78 is 37.8. The van der Waals surface area contributed by atoms with E-state index in [9.17, 15) is 13.2 Å². The molecular weight excluding hydrogens is 251 g/mol. The van der Waals surface area contributed by atoms with Crippen molar-refractivity contribution in [1.29, 1.82) is 0 Å². The van der Waals surface area contributed by atoms with Crippen LogP contribution in [0.25, 0.3) is 0 Å². The Balaban J connectivity index is 2.54. The molecule has 0 heterocycles. The summed E-state index contributed by atoms with van der Waals surface area (Å²) in [5.41, 5.74) is 6.06. The molecule has 1 aromatic carbocycles. The van der Waals surface area contributed by atoms with Crippen LogP contribution in [0, 0.1) is 5.92 Å². The minimum atomic E-state index is -4.16. The minimum absolute atomic E-state index is 0.0168. The van der Waals surface area contributed by atoms with Gasteiger partial charge < -0.3 is 5.73 Å². The predicted molar refractivity (Wildman–Crippen MR) is 63.0 cm³/mol. The molecule has 0 aliphatic carbocycles. The van der Waals surface area contributed by atoms with Crippen molar-refractivity contribution in [3.05, 3.63) is 34.9 Å². The minimum Gasteiger partial charge on any atom is -0.330 e. The monoisotopic (exact) mass is 265 g/mol. The highest BCUT2D eigenvalue weighted by Gasteiger charge is 2.38. The van der Waals surface area contributed by atoms with Crippen LogP contribution in [0.15, 0.2) is 24.3 Å². The van der Waals surface area contributed by atoms with Gasteiger partial charge in [-0.05, 0) is 43.5 Å². The van der Waals surface area contributed by atoms with E-state index in [-0.39, 0.29) is 19.4 Å². The Bertz CT molecular complexity index is 335. The molecule has 1 aromatic rings. The number of halogens is 4. The van der Waals surface area contributed by atoms with Gasteiger partial charge in [-0.15, -0.1) is 0 Å². The standard InChI is InChI=1S/C12H15ClF3N/c13-11-5-2-9(3-6-11)1-4-10(7-8-17)12(14,15)16/h2-3,5-6,10H,1,4,7-8,17H2. The van der Waals surface area contributed by atoms with Crippen LogP contribution in [-0.2, 0) is 6.42 Å². The SMILES string of the molecule is NCCC(CCc1ccc(Cl)cc1)C(F)(F)F. The number of benzene rings is 1. The summed E-state index contributed by atoms with van der Waals surface area (Å²) in [4.78, 5) is 0. The Kier molecular flexibility index (Phi) is 5.28. The lowest BCUT2D eigenvalue weighted by Gasteiger charge is -2.19. The first kappa shape index (κ1) is 14.3. The van der Waals surface area contributed by atoms with Gasteiger partial charge in [-0.2, -0.15) is 13.2 Å². The fraction of sp³-hybridized carbons (Fsp3) is 0.500. The fourth-order valence-electron chi connectivity index (χ4n) is 1.66. The molecule has 1 unspecified atom stereocenters.